The van der Waals surface area contributed by atoms with Crippen molar-refractivity contribution >= 4 is 17.3 Å². The highest BCUT2D eigenvalue weighted by Gasteiger charge is 2.09. The van der Waals surface area contributed by atoms with Crippen LogP contribution in [0.25, 0.3) is 0 Å². The number of carbonyl (C=O) groups is 1. The first-order valence-electron chi connectivity index (χ1n) is 6.06. The summed E-state index contributed by atoms with van der Waals surface area (Å²) in [7, 11) is 0. The molecule has 0 aliphatic heterocycles. The number of hydrogen-bond donors (Lipinski definition) is 2. The molecule has 3 N–H and O–H groups in total. The molecule has 2 rings (SSSR count). The number of hydrogen-bond acceptors (Lipinski definition) is 4. The molecule has 100 valence electrons. The fourth-order valence-corrected chi connectivity index (χ4v) is 1.97. The Kier molecular flexibility index (Phi) is 3.67. The molecule has 1 aromatic carbocycles. The summed E-state index contributed by atoms with van der Waals surface area (Å²) < 4.78 is 0. The van der Waals surface area contributed by atoms with E-state index in [4.69, 9.17) is 5.73 Å². The van der Waals surface area contributed by atoms with E-state index in [1.54, 1.807) is 37.3 Å². The van der Waals surface area contributed by atoms with Crippen molar-refractivity contribution in [1.29, 1.82) is 5.26 Å². The van der Waals surface area contributed by atoms with Crippen molar-refractivity contribution in [2.24, 2.45) is 5.73 Å². The van der Waals surface area contributed by atoms with Gasteiger partial charge >= 0.3 is 0 Å². The van der Waals surface area contributed by atoms with Gasteiger partial charge in [-0.15, -0.1) is 0 Å². The van der Waals surface area contributed by atoms with E-state index in [1.165, 1.54) is 0 Å². The Hall–Kier alpha value is -2.87. The van der Waals surface area contributed by atoms with Crippen LogP contribution in [0.3, 0.4) is 0 Å². The molecule has 0 spiro atoms. The highest BCUT2D eigenvalue weighted by molar-refractivity contribution is 5.94. The van der Waals surface area contributed by atoms with Gasteiger partial charge in [-0.2, -0.15) is 5.26 Å². The Balaban J connectivity index is 2.42. The third-order valence-electron chi connectivity index (χ3n) is 2.87. The average Bonchev–Trinajstić information content (AvgIpc) is 2.38. The molecule has 0 aliphatic carbocycles. The summed E-state index contributed by atoms with van der Waals surface area (Å²) in [5, 5.41) is 12.3. The van der Waals surface area contributed by atoms with Crippen molar-refractivity contribution in [2.75, 3.05) is 5.32 Å². The lowest BCUT2D eigenvalue weighted by molar-refractivity contribution is 0.100. The molecule has 0 unspecified atom stereocenters. The van der Waals surface area contributed by atoms with Gasteiger partial charge in [0.25, 0.3) is 0 Å². The van der Waals surface area contributed by atoms with E-state index >= 15 is 0 Å². The molecule has 20 heavy (non-hydrogen) atoms. The van der Waals surface area contributed by atoms with Gasteiger partial charge in [0.15, 0.2) is 0 Å². The van der Waals surface area contributed by atoms with E-state index in [0.717, 1.165) is 5.69 Å². The summed E-state index contributed by atoms with van der Waals surface area (Å²) >= 11 is 0. The maximum atomic E-state index is 11.2. The quantitative estimate of drug-likeness (QED) is 0.892. The van der Waals surface area contributed by atoms with Crippen LogP contribution in [0, 0.1) is 25.2 Å². The monoisotopic (exact) mass is 266 g/mol. The molecule has 0 atom stereocenters. The number of anilines is 2. The van der Waals surface area contributed by atoms with Gasteiger partial charge in [0.05, 0.1) is 16.9 Å². The van der Waals surface area contributed by atoms with Crippen molar-refractivity contribution in [2.45, 2.75) is 13.8 Å². The van der Waals surface area contributed by atoms with E-state index in [-0.39, 0.29) is 0 Å². The number of nitrogens with zero attached hydrogens (tertiary/aromatic N) is 2. The second-order valence-corrected chi connectivity index (χ2v) is 4.45. The van der Waals surface area contributed by atoms with Crippen LogP contribution in [0.1, 0.15) is 27.3 Å². The molecule has 5 heteroatoms. The molecule has 1 heterocycles. The first kappa shape index (κ1) is 13.6. The minimum Gasteiger partial charge on any atom is -0.366 e. The first-order valence-corrected chi connectivity index (χ1v) is 6.06. The van der Waals surface area contributed by atoms with Crippen LogP contribution in [0.4, 0.5) is 11.4 Å². The number of nitriles is 1. The topological polar surface area (TPSA) is 91.8 Å². The van der Waals surface area contributed by atoms with Crippen LogP contribution in [0.2, 0.25) is 0 Å². The van der Waals surface area contributed by atoms with Gasteiger partial charge in [0.2, 0.25) is 5.91 Å². The van der Waals surface area contributed by atoms with Crippen molar-refractivity contribution in [3.05, 3.63) is 52.8 Å². The second-order valence-electron chi connectivity index (χ2n) is 4.45. The minimum absolute atomic E-state index is 0.413. The SMILES string of the molecule is Cc1cc(Nc2cccc(C(N)=O)c2)c(C#N)c(C)n1. The molecule has 1 aromatic heterocycles. The van der Waals surface area contributed by atoms with Crippen LogP contribution in [-0.2, 0) is 0 Å². The molecular weight excluding hydrogens is 252 g/mol. The van der Waals surface area contributed by atoms with Crippen LogP contribution in [-0.4, -0.2) is 10.9 Å². The molecule has 1 amide bonds. The van der Waals surface area contributed by atoms with Crippen molar-refractivity contribution < 1.29 is 4.79 Å². The van der Waals surface area contributed by atoms with Gasteiger partial charge in [-0.05, 0) is 38.1 Å². The number of carbonyl (C=O) groups excluding carboxylic acids is 1. The van der Waals surface area contributed by atoms with Gasteiger partial charge in [0.1, 0.15) is 6.07 Å². The van der Waals surface area contributed by atoms with Gasteiger partial charge in [0, 0.05) is 16.9 Å². The van der Waals surface area contributed by atoms with Gasteiger partial charge in [-0.1, -0.05) is 6.07 Å². The van der Waals surface area contributed by atoms with Gasteiger partial charge < -0.3 is 11.1 Å². The van der Waals surface area contributed by atoms with Crippen LogP contribution in [0.5, 0.6) is 0 Å². The third-order valence-corrected chi connectivity index (χ3v) is 2.87. The number of benzene rings is 1. The summed E-state index contributed by atoms with van der Waals surface area (Å²) in [5.41, 5.74) is 9.00. The minimum atomic E-state index is -0.490. The second kappa shape index (κ2) is 5.41. The van der Waals surface area contributed by atoms with Crippen molar-refractivity contribution in [3.63, 3.8) is 0 Å². The molecular formula is C15H14N4O. The molecule has 0 radical (unpaired) electrons. The summed E-state index contributed by atoms with van der Waals surface area (Å²) in [6.45, 7) is 3.65. The maximum absolute atomic E-state index is 11.2. The van der Waals surface area contributed by atoms with E-state index in [0.29, 0.717) is 28.2 Å². The Labute approximate surface area is 117 Å². The lowest BCUT2D eigenvalue weighted by Crippen LogP contribution is -2.11. The number of aromatic nitrogens is 1. The number of rotatable bonds is 3. The van der Waals surface area contributed by atoms with Gasteiger partial charge in [-0.25, -0.2) is 0 Å². The molecule has 0 fully saturated rings. The third kappa shape index (κ3) is 2.75. The lowest BCUT2D eigenvalue weighted by atomic mass is 10.1. The number of amides is 1. The summed E-state index contributed by atoms with van der Waals surface area (Å²) in [4.78, 5) is 15.4. The largest absolute Gasteiger partial charge is 0.366 e. The number of aryl methyl sites for hydroxylation is 2. The summed E-state index contributed by atoms with van der Waals surface area (Å²) in [6, 6.07) is 10.8. The molecule has 2 aromatic rings. The van der Waals surface area contributed by atoms with Crippen molar-refractivity contribution in [3.8, 4) is 6.07 Å². The fraction of sp³-hybridized carbons (Fsp3) is 0.133. The van der Waals surface area contributed by atoms with E-state index in [1.807, 2.05) is 6.92 Å². The summed E-state index contributed by atoms with van der Waals surface area (Å²) in [6.07, 6.45) is 0. The molecule has 5 nitrogen and oxygen atoms in total. The number of pyridine rings is 1. The molecule has 0 bridgehead atoms. The van der Waals surface area contributed by atoms with E-state index in [9.17, 15) is 10.1 Å². The molecule has 0 saturated heterocycles. The van der Waals surface area contributed by atoms with Crippen LogP contribution < -0.4 is 11.1 Å². The number of primary amides is 1. The highest BCUT2D eigenvalue weighted by atomic mass is 16.1. The molecule has 0 saturated carbocycles. The summed E-state index contributed by atoms with van der Waals surface area (Å²) in [5.74, 6) is -0.490. The predicted molar refractivity (Wildman–Crippen MR) is 76.7 cm³/mol. The maximum Gasteiger partial charge on any atom is 0.248 e. The van der Waals surface area contributed by atoms with Gasteiger partial charge in [-0.3, -0.25) is 9.78 Å². The smallest absolute Gasteiger partial charge is 0.248 e. The molecule has 0 aliphatic rings. The van der Waals surface area contributed by atoms with Crippen molar-refractivity contribution in [1.82, 2.24) is 4.98 Å². The first-order chi connectivity index (χ1) is 9.51. The van der Waals surface area contributed by atoms with E-state index in [2.05, 4.69) is 16.4 Å². The predicted octanol–water partition coefficient (Wildman–Crippen LogP) is 2.41. The zero-order chi connectivity index (χ0) is 14.7. The fourth-order valence-electron chi connectivity index (χ4n) is 1.97. The van der Waals surface area contributed by atoms with Crippen LogP contribution in [0.15, 0.2) is 30.3 Å². The highest BCUT2D eigenvalue weighted by Crippen LogP contribution is 2.23. The number of nitrogens with two attached hydrogens (primary N) is 1. The Bertz CT molecular complexity index is 716. The lowest BCUT2D eigenvalue weighted by Gasteiger charge is -2.11. The number of nitrogens with one attached hydrogen (secondary N) is 1. The Morgan fingerprint density at radius 1 is 1.35 bits per heavy atom. The Morgan fingerprint density at radius 2 is 2.10 bits per heavy atom. The zero-order valence-electron chi connectivity index (χ0n) is 11.3. The van der Waals surface area contributed by atoms with Crippen LogP contribution >= 0.6 is 0 Å². The standard InChI is InChI=1S/C15H14N4O/c1-9-6-14(13(8-16)10(2)18-9)19-12-5-3-4-11(7-12)15(17)20/h3-7H,1-2H3,(H2,17,20)(H,18,19). The van der Waals surface area contributed by atoms with E-state index < -0.39 is 5.91 Å². The average molecular weight is 266 g/mol. The zero-order valence-corrected chi connectivity index (χ0v) is 11.3. The Morgan fingerprint density at radius 3 is 2.75 bits per heavy atom. The normalized spacial score (nSPS) is 9.85.